The summed E-state index contributed by atoms with van der Waals surface area (Å²) in [6.07, 6.45) is 4.01. The van der Waals surface area contributed by atoms with Gasteiger partial charge in [-0.2, -0.15) is 0 Å². The maximum atomic E-state index is 12.9. The van der Waals surface area contributed by atoms with Gasteiger partial charge in [-0.25, -0.2) is 9.37 Å². The monoisotopic (exact) mass is 330 g/mol. The molecule has 1 aliphatic rings. The zero-order valence-electron chi connectivity index (χ0n) is 13.2. The van der Waals surface area contributed by atoms with Crippen LogP contribution in [0.1, 0.15) is 24.8 Å². The van der Waals surface area contributed by atoms with E-state index in [2.05, 4.69) is 10.3 Å². The molecule has 3 rings (SSSR count). The molecule has 1 saturated heterocycles. The third-order valence-electron chi connectivity index (χ3n) is 3.76. The summed E-state index contributed by atoms with van der Waals surface area (Å²) in [5.74, 6) is 0.550. The van der Waals surface area contributed by atoms with Crippen LogP contribution in [-0.4, -0.2) is 23.6 Å². The van der Waals surface area contributed by atoms with E-state index in [4.69, 9.17) is 9.47 Å². The molecule has 1 aromatic carbocycles. The summed E-state index contributed by atoms with van der Waals surface area (Å²) in [6.45, 7) is 1.14. The molecule has 0 bridgehead atoms. The predicted molar refractivity (Wildman–Crippen MR) is 86.1 cm³/mol. The molecule has 1 N–H and O–H groups in total. The van der Waals surface area contributed by atoms with Crippen molar-refractivity contribution in [3.8, 4) is 11.6 Å². The Bertz CT molecular complexity index is 685. The second-order valence-electron chi connectivity index (χ2n) is 5.67. The van der Waals surface area contributed by atoms with E-state index in [9.17, 15) is 9.18 Å². The Morgan fingerprint density at radius 3 is 2.92 bits per heavy atom. The van der Waals surface area contributed by atoms with Crippen LogP contribution in [0.4, 0.5) is 4.39 Å². The van der Waals surface area contributed by atoms with Crippen LogP contribution in [0.5, 0.6) is 11.6 Å². The molecule has 6 heteroatoms. The van der Waals surface area contributed by atoms with Gasteiger partial charge >= 0.3 is 0 Å². The zero-order chi connectivity index (χ0) is 16.8. The second-order valence-corrected chi connectivity index (χ2v) is 5.67. The molecule has 0 spiro atoms. The zero-order valence-corrected chi connectivity index (χ0v) is 13.2. The lowest BCUT2D eigenvalue weighted by Gasteiger charge is -2.10. The first-order valence-electron chi connectivity index (χ1n) is 7.96. The van der Waals surface area contributed by atoms with E-state index in [1.54, 1.807) is 12.3 Å². The third kappa shape index (κ3) is 4.76. The quantitative estimate of drug-likeness (QED) is 0.883. The van der Waals surface area contributed by atoms with E-state index < -0.39 is 0 Å². The maximum absolute atomic E-state index is 12.9. The summed E-state index contributed by atoms with van der Waals surface area (Å²) in [4.78, 5) is 16.0. The predicted octanol–water partition coefficient (Wildman–Crippen LogP) is 3.20. The number of aromatic nitrogens is 1. The highest BCUT2D eigenvalue weighted by atomic mass is 19.1. The third-order valence-corrected chi connectivity index (χ3v) is 3.76. The van der Waals surface area contributed by atoms with E-state index in [1.807, 2.05) is 6.07 Å². The summed E-state index contributed by atoms with van der Waals surface area (Å²) < 4.78 is 23.9. The highest BCUT2D eigenvalue weighted by Crippen LogP contribution is 2.20. The molecule has 2 aromatic rings. The van der Waals surface area contributed by atoms with Crippen molar-refractivity contribution < 1.29 is 18.7 Å². The average molecular weight is 330 g/mol. The molecule has 1 aromatic heterocycles. The van der Waals surface area contributed by atoms with Crippen molar-refractivity contribution >= 4 is 5.91 Å². The second kappa shape index (κ2) is 7.88. The first kappa shape index (κ1) is 16.4. The van der Waals surface area contributed by atoms with Crippen LogP contribution in [0, 0.1) is 5.82 Å². The Morgan fingerprint density at radius 2 is 2.17 bits per heavy atom. The van der Waals surface area contributed by atoms with E-state index in [0.717, 1.165) is 25.0 Å². The fourth-order valence-electron chi connectivity index (χ4n) is 2.52. The summed E-state index contributed by atoms with van der Waals surface area (Å²) in [5, 5.41) is 2.87. The molecule has 2 heterocycles. The van der Waals surface area contributed by atoms with Crippen molar-refractivity contribution in [1.82, 2.24) is 10.3 Å². The smallest absolute Gasteiger partial charge is 0.222 e. The summed E-state index contributed by atoms with van der Waals surface area (Å²) in [7, 11) is 0. The van der Waals surface area contributed by atoms with Gasteiger partial charge in [-0.05, 0) is 48.7 Å². The Hall–Kier alpha value is -2.47. The number of carbonyl (C=O) groups excluding carboxylic acids is 1. The average Bonchev–Trinajstić information content (AvgIpc) is 3.08. The van der Waals surface area contributed by atoms with E-state index in [1.165, 1.54) is 24.3 Å². The summed E-state index contributed by atoms with van der Waals surface area (Å²) in [5.41, 5.74) is 0.878. The van der Waals surface area contributed by atoms with Crippen molar-refractivity contribution in [3.05, 3.63) is 54.0 Å². The Balaban J connectivity index is 1.52. The van der Waals surface area contributed by atoms with Crippen LogP contribution >= 0.6 is 0 Å². The largest absolute Gasteiger partial charge is 0.439 e. The van der Waals surface area contributed by atoms with Gasteiger partial charge in [0.25, 0.3) is 0 Å². The number of rotatable bonds is 6. The van der Waals surface area contributed by atoms with Gasteiger partial charge in [0, 0.05) is 25.4 Å². The molecule has 1 fully saturated rings. The minimum atomic E-state index is -0.321. The highest BCUT2D eigenvalue weighted by molar-refractivity contribution is 5.76. The van der Waals surface area contributed by atoms with Gasteiger partial charge in [-0.3, -0.25) is 4.79 Å². The summed E-state index contributed by atoms with van der Waals surface area (Å²) in [6, 6.07) is 9.27. The summed E-state index contributed by atoms with van der Waals surface area (Å²) >= 11 is 0. The first-order chi connectivity index (χ1) is 11.7. The molecule has 1 amide bonds. The van der Waals surface area contributed by atoms with Crippen LogP contribution in [0.25, 0.3) is 0 Å². The molecule has 0 aliphatic carbocycles. The van der Waals surface area contributed by atoms with Gasteiger partial charge in [-0.15, -0.1) is 0 Å². The van der Waals surface area contributed by atoms with Gasteiger partial charge in [-0.1, -0.05) is 0 Å². The number of amides is 1. The molecule has 0 unspecified atom stereocenters. The maximum Gasteiger partial charge on any atom is 0.222 e. The lowest BCUT2D eigenvalue weighted by atomic mass is 10.1. The van der Waals surface area contributed by atoms with Crippen LogP contribution in [0.2, 0.25) is 0 Å². The number of hydrogen-bond acceptors (Lipinski definition) is 4. The molecule has 24 heavy (non-hydrogen) atoms. The van der Waals surface area contributed by atoms with Crippen LogP contribution in [0.15, 0.2) is 42.6 Å². The fraction of sp³-hybridized carbons (Fsp3) is 0.333. The molecule has 1 atom stereocenters. The van der Waals surface area contributed by atoms with Crippen molar-refractivity contribution in [1.29, 1.82) is 0 Å². The van der Waals surface area contributed by atoms with Crippen LogP contribution in [0.3, 0.4) is 0 Å². The lowest BCUT2D eigenvalue weighted by molar-refractivity contribution is -0.123. The van der Waals surface area contributed by atoms with E-state index in [-0.39, 0.29) is 17.8 Å². The number of nitrogens with zero attached hydrogens (tertiary/aromatic N) is 1. The van der Waals surface area contributed by atoms with Crippen LogP contribution in [-0.2, 0) is 16.1 Å². The Kier molecular flexibility index (Phi) is 5.38. The standard InChI is InChI=1S/C18H19FN2O3/c19-14-3-5-15(6-4-14)24-18-10-13(7-8-20-18)12-21-17(22)11-16-2-1-9-23-16/h3-8,10,16H,1-2,9,11-12H2,(H,21,22)/t16-/m1/s1. The number of carbonyl (C=O) groups is 1. The van der Waals surface area contributed by atoms with Crippen molar-refractivity contribution in [3.63, 3.8) is 0 Å². The fourth-order valence-corrected chi connectivity index (χ4v) is 2.52. The van der Waals surface area contributed by atoms with E-state index >= 15 is 0 Å². The van der Waals surface area contributed by atoms with E-state index in [0.29, 0.717) is 24.6 Å². The lowest BCUT2D eigenvalue weighted by Crippen LogP contribution is -2.26. The normalized spacial score (nSPS) is 16.8. The molecular formula is C18H19FN2O3. The molecule has 5 nitrogen and oxygen atoms in total. The number of pyridine rings is 1. The molecule has 0 saturated carbocycles. The van der Waals surface area contributed by atoms with Gasteiger partial charge < -0.3 is 14.8 Å². The number of ether oxygens (including phenoxy) is 2. The molecule has 1 aliphatic heterocycles. The van der Waals surface area contributed by atoms with Gasteiger partial charge in [0.05, 0.1) is 12.5 Å². The minimum Gasteiger partial charge on any atom is -0.439 e. The van der Waals surface area contributed by atoms with Gasteiger partial charge in [0.1, 0.15) is 11.6 Å². The number of halogens is 1. The molecule has 0 radical (unpaired) electrons. The van der Waals surface area contributed by atoms with Gasteiger partial charge in [0.15, 0.2) is 0 Å². The SMILES string of the molecule is O=C(C[C@H]1CCCO1)NCc1ccnc(Oc2ccc(F)cc2)c1. The Labute approximate surface area is 139 Å². The number of benzene rings is 1. The van der Waals surface area contributed by atoms with Crippen molar-refractivity contribution in [2.24, 2.45) is 0 Å². The first-order valence-corrected chi connectivity index (χ1v) is 7.96. The molecule has 126 valence electrons. The van der Waals surface area contributed by atoms with Crippen LogP contribution < -0.4 is 10.1 Å². The number of hydrogen-bond donors (Lipinski definition) is 1. The highest BCUT2D eigenvalue weighted by Gasteiger charge is 2.18. The minimum absolute atomic E-state index is 0.0280. The topological polar surface area (TPSA) is 60.5 Å². The van der Waals surface area contributed by atoms with Crippen molar-refractivity contribution in [2.75, 3.05) is 6.61 Å². The van der Waals surface area contributed by atoms with Gasteiger partial charge in [0.2, 0.25) is 11.8 Å². The molecular weight excluding hydrogens is 311 g/mol. The van der Waals surface area contributed by atoms with Crippen molar-refractivity contribution in [2.45, 2.75) is 31.9 Å². The Morgan fingerprint density at radius 1 is 1.33 bits per heavy atom. The number of nitrogens with one attached hydrogen (secondary N) is 1.